The van der Waals surface area contributed by atoms with Crippen molar-refractivity contribution >= 4 is 19.7 Å². The van der Waals surface area contributed by atoms with Gasteiger partial charge in [-0.15, -0.1) is 20.4 Å². The van der Waals surface area contributed by atoms with Gasteiger partial charge >= 0.3 is 0 Å². The molecule has 24 heteroatoms. The minimum Gasteiger partial charge on any atom is -0.494 e. The standard InChI is InChI=1S/2C25H32N4O7S.CH4/c2*1-16(24(30)17-11-13-36-14-12-17)37(31,32)15-21-27-28-25(18-7-5-10-22(26-18)35-4)29(21)23-19(33-2)8-6-9-20(23)34-3;/h2*5-10,16-17,24,30H,11-15H2,1-4H3;1H4/t2*16-,24-;/m10./s1. The van der Waals surface area contributed by atoms with Crippen molar-refractivity contribution in [3.05, 3.63) is 84.4 Å². The molecular formula is C51H68N8O14S2. The first-order chi connectivity index (χ1) is 35.6. The Balaban J connectivity index is 0.000000241. The van der Waals surface area contributed by atoms with Gasteiger partial charge in [0.15, 0.2) is 43.0 Å². The summed E-state index contributed by atoms with van der Waals surface area (Å²) in [4.78, 5) is 8.93. The third kappa shape index (κ3) is 13.0. The lowest BCUT2D eigenvalue weighted by Crippen LogP contribution is -2.40. The highest BCUT2D eigenvalue weighted by Gasteiger charge is 2.38. The minimum absolute atomic E-state index is 0. The van der Waals surface area contributed by atoms with Crippen LogP contribution in [0, 0.1) is 11.8 Å². The zero-order chi connectivity index (χ0) is 53.2. The van der Waals surface area contributed by atoms with Crippen LogP contribution in [0.4, 0.5) is 0 Å². The molecule has 4 atom stereocenters. The number of methoxy groups -OCH3 is 6. The lowest BCUT2D eigenvalue weighted by molar-refractivity contribution is 0.00812. The Morgan fingerprint density at radius 3 is 1.15 bits per heavy atom. The van der Waals surface area contributed by atoms with Crippen LogP contribution in [-0.4, -0.2) is 158 Å². The Bertz CT molecular complexity index is 2800. The summed E-state index contributed by atoms with van der Waals surface area (Å²) in [5.74, 6) is 2.03. The Labute approximate surface area is 438 Å². The molecule has 4 aromatic heterocycles. The molecule has 0 aliphatic carbocycles. The molecular weight excluding hydrogens is 1010 g/mol. The molecule has 0 saturated carbocycles. The van der Waals surface area contributed by atoms with Crippen LogP contribution in [0.5, 0.6) is 34.8 Å². The number of aliphatic hydroxyl groups excluding tert-OH is 2. The first-order valence-electron chi connectivity index (χ1n) is 23.9. The zero-order valence-corrected chi connectivity index (χ0v) is 44.3. The summed E-state index contributed by atoms with van der Waals surface area (Å²) in [7, 11) is 1.33. The van der Waals surface area contributed by atoms with Gasteiger partial charge in [0.25, 0.3) is 0 Å². The summed E-state index contributed by atoms with van der Waals surface area (Å²) in [6.45, 7) is 5.09. The van der Waals surface area contributed by atoms with E-state index in [9.17, 15) is 27.0 Å². The number of hydrogen-bond donors (Lipinski definition) is 2. The van der Waals surface area contributed by atoms with Gasteiger partial charge < -0.3 is 48.1 Å². The lowest BCUT2D eigenvalue weighted by atomic mass is 9.92. The maximum atomic E-state index is 13.6. The maximum Gasteiger partial charge on any atom is 0.213 e. The van der Waals surface area contributed by atoms with E-state index in [0.717, 1.165) is 0 Å². The highest BCUT2D eigenvalue weighted by molar-refractivity contribution is 7.91. The van der Waals surface area contributed by atoms with Crippen LogP contribution in [0.1, 0.15) is 58.6 Å². The number of pyridine rings is 2. The molecule has 6 aromatic rings. The monoisotopic (exact) mass is 1080 g/mol. The first kappa shape index (κ1) is 57.8. The molecule has 6 heterocycles. The van der Waals surface area contributed by atoms with Gasteiger partial charge in [0.05, 0.1) is 65.4 Å². The fourth-order valence-electron chi connectivity index (χ4n) is 8.96. The van der Waals surface area contributed by atoms with Gasteiger partial charge in [-0.2, -0.15) is 0 Å². The Morgan fingerprint density at radius 1 is 0.520 bits per heavy atom. The second-order valence-corrected chi connectivity index (χ2v) is 22.3. The summed E-state index contributed by atoms with van der Waals surface area (Å²) in [6, 6.07) is 20.8. The Morgan fingerprint density at radius 2 is 0.840 bits per heavy atom. The van der Waals surface area contributed by atoms with Crippen LogP contribution in [0.25, 0.3) is 34.4 Å². The van der Waals surface area contributed by atoms with Crippen molar-refractivity contribution in [2.24, 2.45) is 11.8 Å². The molecule has 2 saturated heterocycles. The second kappa shape index (κ2) is 25.9. The molecule has 2 aromatic carbocycles. The number of para-hydroxylation sites is 2. The van der Waals surface area contributed by atoms with Crippen molar-refractivity contribution in [1.82, 2.24) is 39.5 Å². The van der Waals surface area contributed by atoms with E-state index in [1.54, 1.807) is 81.9 Å². The molecule has 75 heavy (non-hydrogen) atoms. The van der Waals surface area contributed by atoms with Crippen LogP contribution in [0.2, 0.25) is 0 Å². The fourth-order valence-corrected chi connectivity index (χ4v) is 11.9. The van der Waals surface area contributed by atoms with E-state index < -0.39 is 53.9 Å². The van der Waals surface area contributed by atoms with E-state index in [4.69, 9.17) is 37.9 Å². The van der Waals surface area contributed by atoms with Crippen molar-refractivity contribution in [3.8, 4) is 69.2 Å². The molecule has 2 aliphatic heterocycles. The number of aliphatic hydroxyl groups is 2. The second-order valence-electron chi connectivity index (χ2n) is 17.6. The van der Waals surface area contributed by atoms with E-state index in [2.05, 4.69) is 30.4 Å². The molecule has 0 amide bonds. The summed E-state index contributed by atoms with van der Waals surface area (Å²) >= 11 is 0. The van der Waals surface area contributed by atoms with Gasteiger partial charge in [0.2, 0.25) is 11.8 Å². The van der Waals surface area contributed by atoms with Crippen molar-refractivity contribution in [3.63, 3.8) is 0 Å². The molecule has 8 rings (SSSR count). The third-order valence-electron chi connectivity index (χ3n) is 13.3. The van der Waals surface area contributed by atoms with Gasteiger partial charge in [-0.05, 0) is 87.8 Å². The smallest absolute Gasteiger partial charge is 0.213 e. The van der Waals surface area contributed by atoms with Crippen molar-refractivity contribution in [1.29, 1.82) is 0 Å². The molecule has 0 radical (unpaired) electrons. The lowest BCUT2D eigenvalue weighted by Gasteiger charge is -2.30. The average Bonchev–Trinajstić information content (AvgIpc) is 4.05. The highest BCUT2D eigenvalue weighted by atomic mass is 32.2. The number of nitrogens with zero attached hydrogens (tertiary/aromatic N) is 8. The van der Waals surface area contributed by atoms with E-state index in [0.29, 0.717) is 110 Å². The third-order valence-corrected chi connectivity index (χ3v) is 17.4. The largest absolute Gasteiger partial charge is 0.494 e. The summed E-state index contributed by atoms with van der Waals surface area (Å²) < 4.78 is 101. The predicted molar refractivity (Wildman–Crippen MR) is 278 cm³/mol. The van der Waals surface area contributed by atoms with Gasteiger partial charge in [0, 0.05) is 38.6 Å². The number of rotatable bonds is 20. The number of benzene rings is 2. The molecule has 0 unspecified atom stereocenters. The molecule has 408 valence electrons. The van der Waals surface area contributed by atoms with E-state index in [1.807, 2.05) is 0 Å². The normalized spacial score (nSPS) is 16.0. The number of aromatic nitrogens is 8. The number of ether oxygens (including phenoxy) is 8. The van der Waals surface area contributed by atoms with E-state index in [-0.39, 0.29) is 42.6 Å². The van der Waals surface area contributed by atoms with Gasteiger partial charge in [-0.25, -0.2) is 26.8 Å². The molecule has 22 nitrogen and oxygen atoms in total. The SMILES string of the molecule is C.COc1cccc(-c2nnc(CS(=O)(=O)[C@@H](C)[C@H](O)C3CCOCC3)n2-c2c(OC)cccc2OC)n1.COc1cccc(-c2nnc(CS(=O)(=O)[C@H](C)[C@@H](O)C3CCOCC3)n2-c2c(OC)cccc2OC)n1. The van der Waals surface area contributed by atoms with Crippen molar-refractivity contribution in [2.45, 2.75) is 81.2 Å². The average molecular weight is 1080 g/mol. The minimum atomic E-state index is -3.85. The van der Waals surface area contributed by atoms with Crippen molar-refractivity contribution < 1.29 is 64.9 Å². The van der Waals surface area contributed by atoms with Crippen LogP contribution in [0.3, 0.4) is 0 Å². The van der Waals surface area contributed by atoms with Gasteiger partial charge in [0.1, 0.15) is 57.3 Å². The quantitative estimate of drug-likeness (QED) is 0.0951. The Kier molecular flexibility index (Phi) is 19.9. The van der Waals surface area contributed by atoms with Crippen LogP contribution < -0.4 is 28.4 Å². The maximum absolute atomic E-state index is 13.6. The number of hydrogen-bond acceptors (Lipinski definition) is 20. The molecule has 2 aliphatic rings. The molecule has 2 N–H and O–H groups in total. The predicted octanol–water partition coefficient (Wildman–Crippen LogP) is 5.53. The van der Waals surface area contributed by atoms with Gasteiger partial charge in [-0.3, -0.25) is 9.13 Å². The summed E-state index contributed by atoms with van der Waals surface area (Å²) in [5.41, 5.74) is 1.69. The topological polar surface area (TPSA) is 270 Å². The number of sulfone groups is 2. The summed E-state index contributed by atoms with van der Waals surface area (Å²) in [6.07, 6.45) is 0.404. The van der Waals surface area contributed by atoms with Crippen molar-refractivity contribution in [2.75, 3.05) is 69.1 Å². The first-order valence-corrected chi connectivity index (χ1v) is 27.3. The van der Waals surface area contributed by atoms with E-state index >= 15 is 0 Å². The molecule has 0 bridgehead atoms. The Hall–Kier alpha value is -6.44. The van der Waals surface area contributed by atoms with Gasteiger partial charge in [-0.1, -0.05) is 31.7 Å². The van der Waals surface area contributed by atoms with Crippen LogP contribution in [0.15, 0.2) is 72.8 Å². The van der Waals surface area contributed by atoms with Crippen LogP contribution >= 0.6 is 0 Å². The highest BCUT2D eigenvalue weighted by Crippen LogP contribution is 2.39. The summed E-state index contributed by atoms with van der Waals surface area (Å²) in [5, 5.41) is 36.9. The molecule has 0 spiro atoms. The fraction of sp³-hybridized carbons (Fsp3) is 0.490. The van der Waals surface area contributed by atoms with E-state index in [1.165, 1.54) is 56.5 Å². The zero-order valence-electron chi connectivity index (χ0n) is 42.7. The molecule has 2 fully saturated rings. The van der Waals surface area contributed by atoms with Crippen LogP contribution in [-0.2, 0) is 40.7 Å².